The van der Waals surface area contributed by atoms with Gasteiger partial charge in [0.05, 0.1) is 35.9 Å². The van der Waals surface area contributed by atoms with Crippen molar-refractivity contribution in [2.75, 3.05) is 19.5 Å². The Hall–Kier alpha value is -2.58. The summed E-state index contributed by atoms with van der Waals surface area (Å²) in [6.45, 7) is 2.44. The lowest BCUT2D eigenvalue weighted by molar-refractivity contribution is -0.118. The lowest BCUT2D eigenvalue weighted by Crippen LogP contribution is -2.19. The Bertz CT molecular complexity index is 923. The first-order chi connectivity index (χ1) is 13.2. The van der Waals surface area contributed by atoms with E-state index in [1.54, 1.807) is 30.7 Å². The smallest absolute Gasteiger partial charge is 0.250 e. The van der Waals surface area contributed by atoms with E-state index in [4.69, 9.17) is 9.47 Å². The van der Waals surface area contributed by atoms with Gasteiger partial charge in [-0.05, 0) is 42.8 Å². The molecule has 8 heteroatoms. The van der Waals surface area contributed by atoms with Crippen molar-refractivity contribution in [2.45, 2.75) is 11.3 Å². The molecule has 0 spiro atoms. The Morgan fingerprint density at radius 2 is 2.15 bits per heavy atom. The largest absolute Gasteiger partial charge is 0.493 e. The summed E-state index contributed by atoms with van der Waals surface area (Å²) in [6.07, 6.45) is 1.57. The van der Waals surface area contributed by atoms with Gasteiger partial charge in [-0.1, -0.05) is 23.9 Å². The summed E-state index contributed by atoms with van der Waals surface area (Å²) in [4.78, 5) is 16.5. The minimum atomic E-state index is -0.186. The highest BCUT2D eigenvalue weighted by Gasteiger charge is 2.07. The summed E-state index contributed by atoms with van der Waals surface area (Å²) in [5.41, 5.74) is 4.29. The topological polar surface area (TPSA) is 72.8 Å². The number of hydrogen-bond acceptors (Lipinski definition) is 7. The minimum Gasteiger partial charge on any atom is -0.493 e. The van der Waals surface area contributed by atoms with Crippen molar-refractivity contribution >= 4 is 45.4 Å². The van der Waals surface area contributed by atoms with Crippen molar-refractivity contribution in [3.63, 3.8) is 0 Å². The van der Waals surface area contributed by atoms with Crippen LogP contribution >= 0.6 is 23.1 Å². The highest BCUT2D eigenvalue weighted by molar-refractivity contribution is 8.01. The van der Waals surface area contributed by atoms with Crippen LogP contribution < -0.4 is 14.9 Å². The predicted octanol–water partition coefficient (Wildman–Crippen LogP) is 3.95. The quantitative estimate of drug-likeness (QED) is 0.352. The molecule has 27 heavy (non-hydrogen) atoms. The van der Waals surface area contributed by atoms with Gasteiger partial charge in [0.15, 0.2) is 15.8 Å². The first-order valence-electron chi connectivity index (χ1n) is 8.30. The number of nitrogens with one attached hydrogen (secondary N) is 1. The maximum Gasteiger partial charge on any atom is 0.250 e. The monoisotopic (exact) mass is 401 g/mol. The van der Waals surface area contributed by atoms with Crippen molar-refractivity contribution in [2.24, 2.45) is 5.10 Å². The number of rotatable bonds is 8. The van der Waals surface area contributed by atoms with Gasteiger partial charge in [-0.3, -0.25) is 4.79 Å². The summed E-state index contributed by atoms with van der Waals surface area (Å²) < 4.78 is 12.8. The maximum absolute atomic E-state index is 12.0. The molecule has 0 aliphatic heterocycles. The molecule has 140 valence electrons. The van der Waals surface area contributed by atoms with Crippen LogP contribution in [-0.4, -0.2) is 36.6 Å². The van der Waals surface area contributed by atoms with Crippen LogP contribution in [0.5, 0.6) is 11.5 Å². The van der Waals surface area contributed by atoms with E-state index in [9.17, 15) is 4.79 Å². The summed E-state index contributed by atoms with van der Waals surface area (Å²) >= 11 is 2.98. The number of carbonyl (C=O) groups is 1. The fraction of sp³-hybridized carbons (Fsp3) is 0.211. The van der Waals surface area contributed by atoms with Crippen LogP contribution in [-0.2, 0) is 4.79 Å². The van der Waals surface area contributed by atoms with Gasteiger partial charge in [0.1, 0.15) is 0 Å². The first-order valence-corrected chi connectivity index (χ1v) is 10.1. The van der Waals surface area contributed by atoms with Gasteiger partial charge < -0.3 is 9.47 Å². The van der Waals surface area contributed by atoms with E-state index in [0.29, 0.717) is 18.1 Å². The number of hydrazone groups is 1. The van der Waals surface area contributed by atoms with E-state index >= 15 is 0 Å². The van der Waals surface area contributed by atoms with Crippen molar-refractivity contribution in [3.05, 3.63) is 48.0 Å². The normalized spacial score (nSPS) is 11.0. The maximum atomic E-state index is 12.0. The summed E-state index contributed by atoms with van der Waals surface area (Å²) in [7, 11) is 1.59. The van der Waals surface area contributed by atoms with Crippen molar-refractivity contribution in [1.82, 2.24) is 10.4 Å². The zero-order chi connectivity index (χ0) is 19.1. The van der Waals surface area contributed by atoms with Gasteiger partial charge in [-0.25, -0.2) is 10.4 Å². The van der Waals surface area contributed by atoms with Crippen molar-refractivity contribution < 1.29 is 14.3 Å². The van der Waals surface area contributed by atoms with Gasteiger partial charge in [0, 0.05) is 0 Å². The number of carbonyl (C=O) groups excluding carboxylic acids is 1. The van der Waals surface area contributed by atoms with Crippen molar-refractivity contribution in [1.29, 1.82) is 0 Å². The van der Waals surface area contributed by atoms with Crippen LogP contribution in [0.15, 0.2) is 51.9 Å². The highest BCUT2D eigenvalue weighted by Crippen LogP contribution is 2.29. The Kier molecular flexibility index (Phi) is 6.67. The molecule has 0 aliphatic rings. The summed E-state index contributed by atoms with van der Waals surface area (Å²) in [5, 5.41) is 4.00. The molecule has 0 saturated heterocycles. The molecule has 0 bridgehead atoms. The lowest BCUT2D eigenvalue weighted by Gasteiger charge is -2.09. The Morgan fingerprint density at radius 3 is 2.93 bits per heavy atom. The van der Waals surface area contributed by atoms with Gasteiger partial charge in [0.25, 0.3) is 5.91 Å². The van der Waals surface area contributed by atoms with Crippen LogP contribution in [0.2, 0.25) is 0 Å². The zero-order valence-corrected chi connectivity index (χ0v) is 16.6. The third kappa shape index (κ3) is 5.21. The Morgan fingerprint density at radius 1 is 1.30 bits per heavy atom. The third-order valence-corrected chi connectivity index (χ3v) is 5.67. The van der Waals surface area contributed by atoms with E-state index < -0.39 is 0 Å². The molecule has 6 nitrogen and oxygen atoms in total. The fourth-order valence-electron chi connectivity index (χ4n) is 2.29. The molecule has 1 amide bonds. The first kappa shape index (κ1) is 19.2. The number of para-hydroxylation sites is 1. The summed E-state index contributed by atoms with van der Waals surface area (Å²) in [5.74, 6) is 1.37. The average Bonchev–Trinajstić information content (AvgIpc) is 3.10. The summed E-state index contributed by atoms with van der Waals surface area (Å²) in [6, 6.07) is 13.4. The molecule has 0 atom stereocenters. The van der Waals surface area contributed by atoms with E-state index in [0.717, 1.165) is 20.1 Å². The molecule has 1 heterocycles. The Labute approximate surface area is 165 Å². The average molecular weight is 402 g/mol. The second-order valence-corrected chi connectivity index (χ2v) is 7.63. The molecule has 3 rings (SSSR count). The number of benzene rings is 2. The van der Waals surface area contributed by atoms with E-state index in [2.05, 4.69) is 15.5 Å². The zero-order valence-electron chi connectivity index (χ0n) is 15.0. The number of ether oxygens (including phenoxy) is 2. The molecule has 0 unspecified atom stereocenters. The molecule has 3 aromatic rings. The Balaban J connectivity index is 1.53. The molecule has 0 saturated carbocycles. The number of fused-ring (bicyclic) bond motifs is 1. The molecular formula is C19H19N3O3S2. The molecule has 0 radical (unpaired) electrons. The number of aromatic nitrogens is 1. The number of methoxy groups -OCH3 is 1. The van der Waals surface area contributed by atoms with Crippen LogP contribution in [0.3, 0.4) is 0 Å². The van der Waals surface area contributed by atoms with Gasteiger partial charge in [-0.15, -0.1) is 11.3 Å². The second kappa shape index (κ2) is 9.38. The van der Waals surface area contributed by atoms with Crippen molar-refractivity contribution in [3.8, 4) is 11.5 Å². The standard InChI is InChI=1S/C19H19N3O3S2/c1-3-25-16-10-13(8-9-15(16)24-2)11-20-22-18(23)12-26-19-21-14-6-4-5-7-17(14)27-19/h4-11H,3,12H2,1-2H3,(H,22,23)/b20-11+. The van der Waals surface area contributed by atoms with E-state index in [-0.39, 0.29) is 11.7 Å². The third-order valence-electron chi connectivity index (χ3n) is 3.49. The van der Waals surface area contributed by atoms with Gasteiger partial charge in [0.2, 0.25) is 0 Å². The lowest BCUT2D eigenvalue weighted by atomic mass is 10.2. The van der Waals surface area contributed by atoms with Crippen LogP contribution in [0, 0.1) is 0 Å². The SMILES string of the molecule is CCOc1cc(/C=N/NC(=O)CSc2nc3ccccc3s2)ccc1OC. The predicted molar refractivity (Wildman–Crippen MR) is 110 cm³/mol. The number of hydrogen-bond donors (Lipinski definition) is 1. The number of nitrogens with zero attached hydrogens (tertiary/aromatic N) is 2. The van der Waals surface area contributed by atoms with E-state index in [1.165, 1.54) is 11.8 Å². The van der Waals surface area contributed by atoms with Crippen LogP contribution in [0.1, 0.15) is 12.5 Å². The molecular weight excluding hydrogens is 382 g/mol. The molecule has 1 N–H and O–H groups in total. The minimum absolute atomic E-state index is 0.186. The fourth-order valence-corrected chi connectivity index (χ4v) is 4.15. The van der Waals surface area contributed by atoms with Crippen LogP contribution in [0.4, 0.5) is 0 Å². The molecule has 0 fully saturated rings. The number of thiazole rings is 1. The van der Waals surface area contributed by atoms with Gasteiger partial charge in [-0.2, -0.15) is 5.10 Å². The van der Waals surface area contributed by atoms with Gasteiger partial charge >= 0.3 is 0 Å². The molecule has 0 aliphatic carbocycles. The van der Waals surface area contributed by atoms with Crippen LogP contribution in [0.25, 0.3) is 10.2 Å². The van der Waals surface area contributed by atoms with E-state index in [1.807, 2.05) is 43.3 Å². The second-order valence-electron chi connectivity index (χ2n) is 5.37. The number of amides is 1. The molecule has 1 aromatic heterocycles. The number of thioether (sulfide) groups is 1. The highest BCUT2D eigenvalue weighted by atomic mass is 32.2. The molecule has 2 aromatic carbocycles.